The maximum Gasteiger partial charge on any atom is 0.161 e. The minimum atomic E-state index is 0.649. The predicted molar refractivity (Wildman–Crippen MR) is 129 cm³/mol. The second kappa shape index (κ2) is 7.84. The molecule has 32 heavy (non-hydrogen) atoms. The molecule has 2 aromatic heterocycles. The Labute approximate surface area is 191 Å². The molecule has 160 valence electrons. The van der Waals surface area contributed by atoms with Crippen molar-refractivity contribution in [2.45, 2.75) is 13.8 Å². The van der Waals surface area contributed by atoms with Crippen molar-refractivity contribution in [3.8, 4) is 28.4 Å². The van der Waals surface area contributed by atoms with E-state index in [4.69, 9.17) is 31.2 Å². The van der Waals surface area contributed by atoms with E-state index in [-0.39, 0.29) is 0 Å². The Morgan fingerprint density at radius 2 is 1.66 bits per heavy atom. The molecule has 2 heterocycles. The number of hydrogen-bond donors (Lipinski definition) is 0. The van der Waals surface area contributed by atoms with Crippen LogP contribution in [0.1, 0.15) is 11.1 Å². The molecule has 0 aliphatic carbocycles. The molecule has 0 atom stereocenters. The third kappa shape index (κ3) is 3.26. The van der Waals surface area contributed by atoms with E-state index in [9.17, 15) is 0 Å². The number of aryl methyl sites for hydroxylation is 2. The van der Waals surface area contributed by atoms with Crippen molar-refractivity contribution < 1.29 is 9.47 Å². The highest BCUT2D eigenvalue weighted by Crippen LogP contribution is 2.38. The summed E-state index contributed by atoms with van der Waals surface area (Å²) in [6.07, 6.45) is 1.89. The lowest BCUT2D eigenvalue weighted by atomic mass is 10.1. The minimum Gasteiger partial charge on any atom is -0.493 e. The largest absolute Gasteiger partial charge is 0.493 e. The lowest BCUT2D eigenvalue weighted by molar-refractivity contribution is 0.355. The molecule has 0 saturated carbocycles. The standard InChI is InChI=1S/C26H22ClN3O2/c1-15-5-9-22-19(11-15)26-20(14-28-22)25(17-7-10-23(31-3)24(12-17)32-4)29-30(26)18-8-6-16(2)21(27)13-18/h5-14H,1-4H3. The van der Waals surface area contributed by atoms with Gasteiger partial charge in [-0.15, -0.1) is 0 Å². The first-order valence-corrected chi connectivity index (χ1v) is 10.6. The van der Waals surface area contributed by atoms with Gasteiger partial charge in [-0.1, -0.05) is 29.3 Å². The maximum atomic E-state index is 6.47. The predicted octanol–water partition coefficient (Wildman–Crippen LogP) is 6.53. The van der Waals surface area contributed by atoms with Crippen LogP contribution in [0.5, 0.6) is 11.5 Å². The first-order valence-electron chi connectivity index (χ1n) is 10.3. The molecular weight excluding hydrogens is 422 g/mol. The van der Waals surface area contributed by atoms with Crippen molar-refractivity contribution in [1.29, 1.82) is 0 Å². The molecule has 0 bridgehead atoms. The van der Waals surface area contributed by atoms with Crippen LogP contribution < -0.4 is 9.47 Å². The minimum absolute atomic E-state index is 0.649. The van der Waals surface area contributed by atoms with Gasteiger partial charge in [0.05, 0.1) is 30.9 Å². The number of fused-ring (bicyclic) bond motifs is 3. The number of nitrogens with zero attached hydrogens (tertiary/aromatic N) is 3. The van der Waals surface area contributed by atoms with Gasteiger partial charge in [0.1, 0.15) is 5.69 Å². The van der Waals surface area contributed by atoms with E-state index >= 15 is 0 Å². The average Bonchev–Trinajstić information content (AvgIpc) is 3.20. The van der Waals surface area contributed by atoms with Gasteiger partial charge in [-0.3, -0.25) is 4.98 Å². The van der Waals surface area contributed by atoms with Crippen molar-refractivity contribution >= 4 is 33.4 Å². The lowest BCUT2D eigenvalue weighted by Gasteiger charge is -2.08. The number of methoxy groups -OCH3 is 2. The smallest absolute Gasteiger partial charge is 0.161 e. The summed E-state index contributed by atoms with van der Waals surface area (Å²) in [6.45, 7) is 4.07. The summed E-state index contributed by atoms with van der Waals surface area (Å²) in [7, 11) is 3.26. The molecule has 0 radical (unpaired) electrons. The zero-order valence-electron chi connectivity index (χ0n) is 18.3. The van der Waals surface area contributed by atoms with Crippen LogP contribution in [0, 0.1) is 13.8 Å². The van der Waals surface area contributed by atoms with Crippen LogP contribution in [-0.2, 0) is 0 Å². The fraction of sp³-hybridized carbons (Fsp3) is 0.154. The molecule has 0 amide bonds. The molecular formula is C26H22ClN3O2. The van der Waals surface area contributed by atoms with E-state index in [1.807, 2.05) is 60.3 Å². The molecule has 5 aromatic rings. The van der Waals surface area contributed by atoms with E-state index in [0.29, 0.717) is 16.5 Å². The van der Waals surface area contributed by atoms with E-state index in [1.54, 1.807) is 14.2 Å². The number of ether oxygens (including phenoxy) is 2. The number of halogens is 1. The SMILES string of the molecule is COc1ccc(-c2nn(-c3ccc(C)c(Cl)c3)c3c2cnc2ccc(C)cc23)cc1OC. The van der Waals surface area contributed by atoms with Crippen LogP contribution in [0.4, 0.5) is 0 Å². The topological polar surface area (TPSA) is 49.2 Å². The van der Waals surface area contributed by atoms with E-state index < -0.39 is 0 Å². The highest BCUT2D eigenvalue weighted by Gasteiger charge is 2.19. The first kappa shape index (κ1) is 20.3. The molecule has 0 aliphatic heterocycles. The van der Waals surface area contributed by atoms with Crippen molar-refractivity contribution in [3.05, 3.63) is 76.9 Å². The molecule has 5 nitrogen and oxygen atoms in total. The van der Waals surface area contributed by atoms with Gasteiger partial charge in [0, 0.05) is 27.6 Å². The molecule has 0 fully saturated rings. The summed E-state index contributed by atoms with van der Waals surface area (Å²) >= 11 is 6.47. The average molecular weight is 444 g/mol. The third-order valence-corrected chi connectivity index (χ3v) is 6.13. The third-order valence-electron chi connectivity index (χ3n) is 5.72. The van der Waals surface area contributed by atoms with Crippen molar-refractivity contribution in [3.63, 3.8) is 0 Å². The van der Waals surface area contributed by atoms with Crippen LogP contribution in [0.2, 0.25) is 5.02 Å². The van der Waals surface area contributed by atoms with E-state index in [2.05, 4.69) is 19.1 Å². The fourth-order valence-electron chi connectivity index (χ4n) is 3.99. The monoisotopic (exact) mass is 443 g/mol. The highest BCUT2D eigenvalue weighted by molar-refractivity contribution is 6.31. The first-order chi connectivity index (χ1) is 15.5. The summed E-state index contributed by atoms with van der Waals surface area (Å²) in [5.41, 5.74) is 6.71. The summed E-state index contributed by atoms with van der Waals surface area (Å²) in [5.74, 6) is 1.32. The van der Waals surface area contributed by atoms with Crippen molar-refractivity contribution in [2.75, 3.05) is 14.2 Å². The van der Waals surface area contributed by atoms with Gasteiger partial charge in [0.2, 0.25) is 0 Å². The summed E-state index contributed by atoms with van der Waals surface area (Å²) in [6, 6.07) is 18.1. The van der Waals surface area contributed by atoms with Crippen LogP contribution in [0.3, 0.4) is 0 Å². The number of aromatic nitrogens is 3. The Morgan fingerprint density at radius 1 is 0.844 bits per heavy atom. The van der Waals surface area contributed by atoms with Crippen molar-refractivity contribution in [1.82, 2.24) is 14.8 Å². The Hall–Kier alpha value is -3.57. The number of benzene rings is 3. The normalized spacial score (nSPS) is 11.3. The summed E-state index contributed by atoms with van der Waals surface area (Å²) < 4.78 is 12.9. The molecule has 0 aliphatic rings. The quantitative estimate of drug-likeness (QED) is 0.317. The number of rotatable bonds is 4. The van der Waals surface area contributed by atoms with E-state index in [1.165, 1.54) is 0 Å². The Balaban J connectivity index is 1.87. The fourth-order valence-corrected chi connectivity index (χ4v) is 4.17. The van der Waals surface area contributed by atoms with Gasteiger partial charge < -0.3 is 9.47 Å². The molecule has 5 rings (SSSR count). The van der Waals surface area contributed by atoms with Gasteiger partial charge in [0.15, 0.2) is 11.5 Å². The highest BCUT2D eigenvalue weighted by atomic mass is 35.5. The van der Waals surface area contributed by atoms with Crippen LogP contribution in [-0.4, -0.2) is 29.0 Å². The second-order valence-corrected chi connectivity index (χ2v) is 8.21. The van der Waals surface area contributed by atoms with E-state index in [0.717, 1.165) is 49.9 Å². The van der Waals surface area contributed by atoms with Gasteiger partial charge in [0.25, 0.3) is 0 Å². The second-order valence-electron chi connectivity index (χ2n) is 7.80. The zero-order valence-corrected chi connectivity index (χ0v) is 19.1. The molecule has 0 spiro atoms. The van der Waals surface area contributed by atoms with Crippen molar-refractivity contribution in [2.24, 2.45) is 0 Å². The molecule has 6 heteroatoms. The van der Waals surface area contributed by atoms with Gasteiger partial charge in [-0.05, 0) is 61.9 Å². The molecule has 0 N–H and O–H groups in total. The summed E-state index contributed by atoms with van der Waals surface area (Å²) in [4.78, 5) is 4.72. The lowest BCUT2D eigenvalue weighted by Crippen LogP contribution is -1.98. The molecule has 3 aromatic carbocycles. The van der Waals surface area contributed by atoms with Crippen LogP contribution >= 0.6 is 11.6 Å². The number of hydrogen-bond acceptors (Lipinski definition) is 4. The Bertz CT molecular complexity index is 1490. The summed E-state index contributed by atoms with van der Waals surface area (Å²) in [5, 5.41) is 7.73. The van der Waals surface area contributed by atoms with Crippen LogP contribution in [0.25, 0.3) is 38.8 Å². The van der Waals surface area contributed by atoms with Gasteiger partial charge in [-0.25, -0.2) is 4.68 Å². The molecule has 0 unspecified atom stereocenters. The number of pyridine rings is 1. The van der Waals surface area contributed by atoms with Crippen LogP contribution in [0.15, 0.2) is 60.8 Å². The zero-order chi connectivity index (χ0) is 22.4. The van der Waals surface area contributed by atoms with Gasteiger partial charge >= 0.3 is 0 Å². The Morgan fingerprint density at radius 3 is 2.41 bits per heavy atom. The Kier molecular flexibility index (Phi) is 4.98. The molecule has 0 saturated heterocycles. The maximum absolute atomic E-state index is 6.47. The van der Waals surface area contributed by atoms with Gasteiger partial charge in [-0.2, -0.15) is 5.10 Å².